The fraction of sp³-hybridized carbons (Fsp3) is 0.375. The fourth-order valence-corrected chi connectivity index (χ4v) is 2.92. The standard InChI is InChI=1S/C16H20IN3/c1-6-18-16-14(17)12(5)19-15(20-16)13-10(3)7-9(2)8-11(13)4/h7-8H,6H2,1-5H3,(H,18,19,20). The summed E-state index contributed by atoms with van der Waals surface area (Å²) < 4.78 is 1.09. The molecule has 0 saturated carbocycles. The van der Waals surface area contributed by atoms with Crippen LogP contribution in [0.3, 0.4) is 0 Å². The van der Waals surface area contributed by atoms with Gasteiger partial charge >= 0.3 is 0 Å². The molecule has 0 saturated heterocycles. The molecule has 1 N–H and O–H groups in total. The largest absolute Gasteiger partial charge is 0.369 e. The molecule has 106 valence electrons. The van der Waals surface area contributed by atoms with E-state index in [4.69, 9.17) is 4.98 Å². The van der Waals surface area contributed by atoms with Crippen molar-refractivity contribution >= 4 is 28.4 Å². The third-order valence-electron chi connectivity index (χ3n) is 3.26. The van der Waals surface area contributed by atoms with Gasteiger partial charge in [-0.1, -0.05) is 17.7 Å². The molecule has 0 aliphatic carbocycles. The molecule has 0 amide bonds. The summed E-state index contributed by atoms with van der Waals surface area (Å²) in [6.45, 7) is 11.3. The predicted octanol–water partition coefficient (Wildman–Crippen LogP) is 4.41. The minimum atomic E-state index is 0.814. The number of nitrogens with one attached hydrogen (secondary N) is 1. The molecule has 0 unspecified atom stereocenters. The van der Waals surface area contributed by atoms with E-state index in [0.717, 1.165) is 33.0 Å². The van der Waals surface area contributed by atoms with E-state index in [2.05, 4.69) is 72.7 Å². The number of nitrogens with zero attached hydrogens (tertiary/aromatic N) is 2. The van der Waals surface area contributed by atoms with Crippen LogP contribution in [0.2, 0.25) is 0 Å². The molecule has 3 nitrogen and oxygen atoms in total. The highest BCUT2D eigenvalue weighted by atomic mass is 127. The van der Waals surface area contributed by atoms with Crippen molar-refractivity contribution in [1.29, 1.82) is 0 Å². The van der Waals surface area contributed by atoms with Gasteiger partial charge in [-0.15, -0.1) is 0 Å². The highest BCUT2D eigenvalue weighted by Gasteiger charge is 2.14. The third-order valence-corrected chi connectivity index (χ3v) is 4.55. The Morgan fingerprint density at radius 2 is 1.65 bits per heavy atom. The van der Waals surface area contributed by atoms with Crippen molar-refractivity contribution in [3.63, 3.8) is 0 Å². The van der Waals surface area contributed by atoms with Crippen LogP contribution in [0.15, 0.2) is 12.1 Å². The maximum Gasteiger partial charge on any atom is 0.162 e. The molecule has 0 aliphatic heterocycles. The van der Waals surface area contributed by atoms with E-state index >= 15 is 0 Å². The van der Waals surface area contributed by atoms with Gasteiger partial charge in [0.05, 0.1) is 9.26 Å². The van der Waals surface area contributed by atoms with Gasteiger partial charge in [-0.3, -0.25) is 0 Å². The molecule has 1 aromatic heterocycles. The smallest absolute Gasteiger partial charge is 0.162 e. The number of aromatic nitrogens is 2. The van der Waals surface area contributed by atoms with E-state index < -0.39 is 0 Å². The lowest BCUT2D eigenvalue weighted by Gasteiger charge is -2.14. The van der Waals surface area contributed by atoms with Crippen LogP contribution in [0.4, 0.5) is 5.82 Å². The first-order chi connectivity index (χ1) is 9.43. The van der Waals surface area contributed by atoms with Crippen molar-refractivity contribution in [1.82, 2.24) is 9.97 Å². The summed E-state index contributed by atoms with van der Waals surface area (Å²) in [5.41, 5.74) is 5.90. The molecule has 0 fully saturated rings. The lowest BCUT2D eigenvalue weighted by Crippen LogP contribution is -2.07. The van der Waals surface area contributed by atoms with E-state index in [-0.39, 0.29) is 0 Å². The molecule has 0 radical (unpaired) electrons. The molecule has 0 bridgehead atoms. The van der Waals surface area contributed by atoms with Crippen molar-refractivity contribution in [2.75, 3.05) is 11.9 Å². The topological polar surface area (TPSA) is 37.8 Å². The zero-order valence-corrected chi connectivity index (χ0v) is 14.8. The Morgan fingerprint density at radius 1 is 1.05 bits per heavy atom. The fourth-order valence-electron chi connectivity index (χ4n) is 2.49. The number of hydrogen-bond donors (Lipinski definition) is 1. The van der Waals surface area contributed by atoms with Crippen LogP contribution in [-0.4, -0.2) is 16.5 Å². The van der Waals surface area contributed by atoms with Crippen LogP contribution in [0.1, 0.15) is 29.3 Å². The van der Waals surface area contributed by atoms with Crippen LogP contribution in [0.25, 0.3) is 11.4 Å². The minimum Gasteiger partial charge on any atom is -0.369 e. The van der Waals surface area contributed by atoms with Crippen molar-refractivity contribution in [2.24, 2.45) is 0 Å². The van der Waals surface area contributed by atoms with Crippen LogP contribution >= 0.6 is 22.6 Å². The van der Waals surface area contributed by atoms with Crippen LogP contribution in [0.5, 0.6) is 0 Å². The van der Waals surface area contributed by atoms with Gasteiger partial charge in [0, 0.05) is 12.1 Å². The maximum atomic E-state index is 4.71. The number of aryl methyl sites for hydroxylation is 4. The van der Waals surface area contributed by atoms with E-state index in [0.29, 0.717) is 0 Å². The summed E-state index contributed by atoms with van der Waals surface area (Å²) >= 11 is 2.30. The van der Waals surface area contributed by atoms with E-state index in [1.165, 1.54) is 16.7 Å². The second kappa shape index (κ2) is 6.08. The molecule has 2 rings (SSSR count). The number of benzene rings is 1. The van der Waals surface area contributed by atoms with Crippen molar-refractivity contribution in [3.8, 4) is 11.4 Å². The molecule has 0 aliphatic rings. The van der Waals surface area contributed by atoms with Gasteiger partial charge in [-0.25, -0.2) is 9.97 Å². The summed E-state index contributed by atoms with van der Waals surface area (Å²) in [6, 6.07) is 4.37. The molecule has 1 aromatic carbocycles. The lowest BCUT2D eigenvalue weighted by molar-refractivity contribution is 1.06. The van der Waals surface area contributed by atoms with Gasteiger partial charge in [0.25, 0.3) is 0 Å². The van der Waals surface area contributed by atoms with Crippen LogP contribution in [-0.2, 0) is 0 Å². The first-order valence-corrected chi connectivity index (χ1v) is 7.88. The first-order valence-electron chi connectivity index (χ1n) is 6.80. The average molecular weight is 381 g/mol. The first kappa shape index (κ1) is 15.2. The number of hydrogen-bond acceptors (Lipinski definition) is 3. The van der Waals surface area contributed by atoms with Crippen molar-refractivity contribution in [2.45, 2.75) is 34.6 Å². The van der Waals surface area contributed by atoms with Gasteiger partial charge in [0.2, 0.25) is 0 Å². The monoisotopic (exact) mass is 381 g/mol. The van der Waals surface area contributed by atoms with Gasteiger partial charge < -0.3 is 5.32 Å². The van der Waals surface area contributed by atoms with Crippen molar-refractivity contribution in [3.05, 3.63) is 38.1 Å². The Labute approximate surface area is 134 Å². The normalized spacial score (nSPS) is 10.7. The second-order valence-electron chi connectivity index (χ2n) is 5.10. The second-order valence-corrected chi connectivity index (χ2v) is 6.18. The number of rotatable bonds is 3. The summed E-state index contributed by atoms with van der Waals surface area (Å²) in [7, 11) is 0. The summed E-state index contributed by atoms with van der Waals surface area (Å²) in [5.74, 6) is 1.74. The minimum absolute atomic E-state index is 0.814. The summed E-state index contributed by atoms with van der Waals surface area (Å²) in [4.78, 5) is 9.39. The molecule has 1 heterocycles. The zero-order chi connectivity index (χ0) is 14.9. The molecule has 0 atom stereocenters. The SMILES string of the molecule is CCNc1nc(-c2c(C)cc(C)cc2C)nc(C)c1I. The highest BCUT2D eigenvalue weighted by molar-refractivity contribution is 14.1. The Hall–Kier alpha value is -1.17. The maximum absolute atomic E-state index is 4.71. The summed E-state index contributed by atoms with van der Waals surface area (Å²) in [6.07, 6.45) is 0. The predicted molar refractivity (Wildman–Crippen MR) is 93.3 cm³/mol. The third kappa shape index (κ3) is 2.95. The molecular weight excluding hydrogens is 361 g/mol. The Bertz CT molecular complexity index is 627. The van der Waals surface area contributed by atoms with Crippen molar-refractivity contribution < 1.29 is 0 Å². The molecule has 2 aromatic rings. The highest BCUT2D eigenvalue weighted by Crippen LogP contribution is 2.29. The Balaban J connectivity index is 2.64. The molecule has 20 heavy (non-hydrogen) atoms. The Kier molecular flexibility index (Phi) is 4.62. The Morgan fingerprint density at radius 3 is 2.20 bits per heavy atom. The lowest BCUT2D eigenvalue weighted by atomic mass is 9.99. The molecule has 0 spiro atoms. The molecule has 4 heteroatoms. The van der Waals surface area contributed by atoms with E-state index in [1.54, 1.807) is 0 Å². The number of halogens is 1. The quantitative estimate of drug-likeness (QED) is 0.801. The van der Waals surface area contributed by atoms with Crippen LogP contribution < -0.4 is 5.32 Å². The van der Waals surface area contributed by atoms with E-state index in [9.17, 15) is 0 Å². The summed E-state index contributed by atoms with van der Waals surface area (Å²) in [5, 5.41) is 3.32. The average Bonchev–Trinajstić information content (AvgIpc) is 2.34. The van der Waals surface area contributed by atoms with Crippen LogP contribution in [0, 0.1) is 31.3 Å². The number of anilines is 1. The van der Waals surface area contributed by atoms with Gasteiger partial charge in [0.15, 0.2) is 5.82 Å². The van der Waals surface area contributed by atoms with E-state index in [1.807, 2.05) is 6.92 Å². The zero-order valence-electron chi connectivity index (χ0n) is 12.6. The van der Waals surface area contributed by atoms with Gasteiger partial charge in [-0.2, -0.15) is 0 Å². The molecular formula is C16H20IN3. The van der Waals surface area contributed by atoms with Gasteiger partial charge in [-0.05, 0) is 68.3 Å². The van der Waals surface area contributed by atoms with Gasteiger partial charge in [0.1, 0.15) is 5.82 Å².